The zero-order valence-corrected chi connectivity index (χ0v) is 13.7. The Morgan fingerprint density at radius 3 is 2.55 bits per heavy atom. The van der Waals surface area contributed by atoms with E-state index in [1.165, 1.54) is 42.6 Å². The number of aromatic nitrogens is 1. The predicted octanol–water partition coefficient (Wildman–Crippen LogP) is 3.58. The van der Waals surface area contributed by atoms with Crippen molar-refractivity contribution >= 4 is 5.82 Å². The summed E-state index contributed by atoms with van der Waals surface area (Å²) in [5.41, 5.74) is 3.83. The van der Waals surface area contributed by atoms with Gasteiger partial charge in [0, 0.05) is 36.9 Å². The average molecular weight is 275 g/mol. The van der Waals surface area contributed by atoms with Crippen molar-refractivity contribution < 1.29 is 0 Å². The number of aryl methyl sites for hydroxylation is 2. The smallest absolute Gasteiger partial charge is 0.133 e. The minimum atomic E-state index is 0.500. The minimum absolute atomic E-state index is 0.500. The second kappa shape index (κ2) is 6.57. The van der Waals surface area contributed by atoms with Gasteiger partial charge in [0.05, 0.1) is 0 Å². The van der Waals surface area contributed by atoms with Crippen LogP contribution >= 0.6 is 0 Å². The highest BCUT2D eigenvalue weighted by atomic mass is 15.2. The molecule has 0 aliphatic heterocycles. The van der Waals surface area contributed by atoms with Gasteiger partial charge in [-0.05, 0) is 38.3 Å². The van der Waals surface area contributed by atoms with Crippen LogP contribution in [0.3, 0.4) is 0 Å². The van der Waals surface area contributed by atoms with Crippen molar-refractivity contribution in [3.8, 4) is 0 Å². The summed E-state index contributed by atoms with van der Waals surface area (Å²) in [6, 6.07) is 3.37. The lowest BCUT2D eigenvalue weighted by Gasteiger charge is -2.29. The molecule has 1 aliphatic rings. The van der Waals surface area contributed by atoms with Crippen molar-refractivity contribution in [3.05, 3.63) is 22.9 Å². The Kier molecular flexibility index (Phi) is 5.03. The van der Waals surface area contributed by atoms with Crippen LogP contribution in [0.2, 0.25) is 0 Å². The first-order valence-corrected chi connectivity index (χ1v) is 7.92. The van der Waals surface area contributed by atoms with Crippen molar-refractivity contribution in [3.63, 3.8) is 0 Å². The van der Waals surface area contributed by atoms with Crippen LogP contribution in [0.15, 0.2) is 6.07 Å². The number of rotatable bonds is 5. The Morgan fingerprint density at radius 1 is 1.30 bits per heavy atom. The van der Waals surface area contributed by atoms with Gasteiger partial charge in [-0.1, -0.05) is 26.7 Å². The summed E-state index contributed by atoms with van der Waals surface area (Å²) >= 11 is 0. The standard InChI is InChI=1S/C17H29N3/c1-12(2)18-11-16-13(3)10-14(4)19-17(16)20(5)15-8-6-7-9-15/h10,12,15,18H,6-9,11H2,1-5H3. The van der Waals surface area contributed by atoms with Crippen molar-refractivity contribution in [1.82, 2.24) is 10.3 Å². The van der Waals surface area contributed by atoms with Crippen molar-refractivity contribution in [2.45, 2.75) is 72.0 Å². The van der Waals surface area contributed by atoms with Gasteiger partial charge in [0.2, 0.25) is 0 Å². The van der Waals surface area contributed by atoms with Crippen molar-refractivity contribution in [2.75, 3.05) is 11.9 Å². The molecule has 2 rings (SSSR count). The fourth-order valence-corrected chi connectivity index (χ4v) is 3.12. The summed E-state index contributed by atoms with van der Waals surface area (Å²) in [7, 11) is 2.22. The Bertz CT molecular complexity index is 448. The number of hydrogen-bond donors (Lipinski definition) is 1. The number of nitrogens with zero attached hydrogens (tertiary/aromatic N) is 2. The molecular weight excluding hydrogens is 246 g/mol. The number of anilines is 1. The second-order valence-corrected chi connectivity index (χ2v) is 6.47. The lowest BCUT2D eigenvalue weighted by molar-refractivity contribution is 0.580. The van der Waals surface area contributed by atoms with E-state index in [0.717, 1.165) is 12.2 Å². The molecule has 0 amide bonds. The van der Waals surface area contributed by atoms with Gasteiger partial charge in [-0.2, -0.15) is 0 Å². The van der Waals surface area contributed by atoms with E-state index < -0.39 is 0 Å². The maximum absolute atomic E-state index is 4.84. The van der Waals surface area contributed by atoms with E-state index in [9.17, 15) is 0 Å². The summed E-state index contributed by atoms with van der Waals surface area (Å²) < 4.78 is 0. The topological polar surface area (TPSA) is 28.2 Å². The van der Waals surface area contributed by atoms with Gasteiger partial charge < -0.3 is 10.2 Å². The van der Waals surface area contributed by atoms with Crippen LogP contribution in [-0.4, -0.2) is 24.1 Å². The molecule has 0 aromatic carbocycles. The molecule has 0 bridgehead atoms. The molecule has 1 aliphatic carbocycles. The fraction of sp³-hybridized carbons (Fsp3) is 0.706. The Labute approximate surface area is 123 Å². The van der Waals surface area contributed by atoms with Gasteiger partial charge in [0.25, 0.3) is 0 Å². The number of hydrogen-bond acceptors (Lipinski definition) is 3. The fourth-order valence-electron chi connectivity index (χ4n) is 3.12. The third-order valence-corrected chi connectivity index (χ3v) is 4.35. The highest BCUT2D eigenvalue weighted by Crippen LogP contribution is 2.29. The van der Waals surface area contributed by atoms with Gasteiger partial charge in [-0.15, -0.1) is 0 Å². The van der Waals surface area contributed by atoms with Crippen LogP contribution < -0.4 is 10.2 Å². The summed E-state index contributed by atoms with van der Waals surface area (Å²) in [5, 5.41) is 3.54. The number of pyridine rings is 1. The molecule has 0 unspecified atom stereocenters. The van der Waals surface area contributed by atoms with E-state index in [1.54, 1.807) is 0 Å². The molecule has 20 heavy (non-hydrogen) atoms. The Balaban J connectivity index is 2.28. The lowest BCUT2D eigenvalue weighted by Crippen LogP contribution is -2.32. The van der Waals surface area contributed by atoms with E-state index in [4.69, 9.17) is 4.98 Å². The maximum atomic E-state index is 4.84. The van der Waals surface area contributed by atoms with Crippen LogP contribution in [0.5, 0.6) is 0 Å². The Morgan fingerprint density at radius 2 is 1.95 bits per heavy atom. The maximum Gasteiger partial charge on any atom is 0.133 e. The van der Waals surface area contributed by atoms with Gasteiger partial charge in [0.15, 0.2) is 0 Å². The molecule has 0 atom stereocenters. The lowest BCUT2D eigenvalue weighted by atomic mass is 10.1. The number of nitrogens with one attached hydrogen (secondary N) is 1. The molecule has 1 heterocycles. The van der Waals surface area contributed by atoms with Gasteiger partial charge in [0.1, 0.15) is 5.82 Å². The van der Waals surface area contributed by atoms with Gasteiger partial charge >= 0.3 is 0 Å². The first kappa shape index (κ1) is 15.3. The van der Waals surface area contributed by atoms with E-state index in [-0.39, 0.29) is 0 Å². The molecule has 1 N–H and O–H groups in total. The van der Waals surface area contributed by atoms with E-state index in [1.807, 2.05) is 0 Å². The molecule has 1 aromatic heterocycles. The molecular formula is C17H29N3. The van der Waals surface area contributed by atoms with Crippen molar-refractivity contribution in [2.24, 2.45) is 0 Å². The van der Waals surface area contributed by atoms with Gasteiger partial charge in [-0.25, -0.2) is 4.98 Å². The summed E-state index contributed by atoms with van der Waals surface area (Å²) in [4.78, 5) is 7.26. The predicted molar refractivity (Wildman–Crippen MR) is 86.3 cm³/mol. The van der Waals surface area contributed by atoms with Crippen LogP contribution in [0.1, 0.15) is 56.4 Å². The molecule has 0 radical (unpaired) electrons. The zero-order valence-electron chi connectivity index (χ0n) is 13.7. The van der Waals surface area contributed by atoms with E-state index in [2.05, 4.69) is 51.0 Å². The zero-order chi connectivity index (χ0) is 14.7. The highest BCUT2D eigenvalue weighted by molar-refractivity contribution is 5.52. The average Bonchev–Trinajstić information content (AvgIpc) is 2.89. The largest absolute Gasteiger partial charge is 0.356 e. The molecule has 3 heteroatoms. The minimum Gasteiger partial charge on any atom is -0.356 e. The van der Waals surface area contributed by atoms with Crippen molar-refractivity contribution in [1.29, 1.82) is 0 Å². The highest BCUT2D eigenvalue weighted by Gasteiger charge is 2.23. The summed E-state index contributed by atoms with van der Waals surface area (Å²) in [5.74, 6) is 1.18. The summed E-state index contributed by atoms with van der Waals surface area (Å²) in [6.45, 7) is 9.59. The quantitative estimate of drug-likeness (QED) is 0.890. The first-order valence-electron chi connectivity index (χ1n) is 7.92. The monoisotopic (exact) mass is 275 g/mol. The van der Waals surface area contributed by atoms with Crippen LogP contribution in [0, 0.1) is 13.8 Å². The van der Waals surface area contributed by atoms with Gasteiger partial charge in [-0.3, -0.25) is 0 Å². The molecule has 0 spiro atoms. The van der Waals surface area contributed by atoms with E-state index in [0.29, 0.717) is 12.1 Å². The normalized spacial score (nSPS) is 16.1. The molecule has 112 valence electrons. The SMILES string of the molecule is Cc1cc(C)c(CNC(C)C)c(N(C)C2CCCC2)n1. The van der Waals surface area contributed by atoms with Crippen LogP contribution in [0.25, 0.3) is 0 Å². The summed E-state index contributed by atoms with van der Waals surface area (Å²) in [6.07, 6.45) is 5.34. The van der Waals surface area contributed by atoms with E-state index >= 15 is 0 Å². The van der Waals surface area contributed by atoms with Crippen LogP contribution in [0.4, 0.5) is 5.82 Å². The molecule has 1 fully saturated rings. The molecule has 3 nitrogen and oxygen atoms in total. The molecule has 1 aromatic rings. The Hall–Kier alpha value is -1.09. The first-order chi connectivity index (χ1) is 9.49. The molecule has 1 saturated carbocycles. The third kappa shape index (κ3) is 3.51. The van der Waals surface area contributed by atoms with Crippen LogP contribution in [-0.2, 0) is 6.54 Å². The molecule has 0 saturated heterocycles. The second-order valence-electron chi connectivity index (χ2n) is 6.47. The third-order valence-electron chi connectivity index (χ3n) is 4.35.